The van der Waals surface area contributed by atoms with E-state index in [4.69, 9.17) is 0 Å². The number of aryl methyl sites for hydroxylation is 1. The summed E-state index contributed by atoms with van der Waals surface area (Å²) in [7, 11) is 0. The number of carbonyl (C=O) groups excluding carboxylic acids is 1. The van der Waals surface area contributed by atoms with E-state index >= 15 is 0 Å². The molecule has 1 aliphatic rings. The molecular formula is C15H17N5O3. The molecule has 0 unspecified atom stereocenters. The summed E-state index contributed by atoms with van der Waals surface area (Å²) < 4.78 is 0. The molecule has 3 heterocycles. The van der Waals surface area contributed by atoms with Crippen LogP contribution < -0.4 is 0 Å². The zero-order valence-corrected chi connectivity index (χ0v) is 12.7. The van der Waals surface area contributed by atoms with Crippen molar-refractivity contribution in [2.24, 2.45) is 0 Å². The highest BCUT2D eigenvalue weighted by Gasteiger charge is 2.28. The van der Waals surface area contributed by atoms with Crippen molar-refractivity contribution in [3.63, 3.8) is 0 Å². The first-order valence-corrected chi connectivity index (χ1v) is 7.41. The lowest BCUT2D eigenvalue weighted by Crippen LogP contribution is -2.38. The van der Waals surface area contributed by atoms with Crippen LogP contribution in [0.15, 0.2) is 18.6 Å². The zero-order chi connectivity index (χ0) is 16.4. The normalized spacial score (nSPS) is 15.6. The van der Waals surface area contributed by atoms with E-state index in [0.717, 1.165) is 0 Å². The number of nitrogens with one attached hydrogen (secondary N) is 1. The quantitative estimate of drug-likeness (QED) is 0.881. The number of aromatic nitrogens is 4. The van der Waals surface area contributed by atoms with Crippen LogP contribution in [0.1, 0.15) is 51.0 Å². The molecule has 23 heavy (non-hydrogen) atoms. The van der Waals surface area contributed by atoms with Crippen molar-refractivity contribution in [1.29, 1.82) is 0 Å². The number of carboxylic acid groups (broad SMARTS) is 1. The van der Waals surface area contributed by atoms with E-state index in [2.05, 4.69) is 20.2 Å². The number of carboxylic acids is 1. The fourth-order valence-corrected chi connectivity index (χ4v) is 2.87. The minimum Gasteiger partial charge on any atom is -0.478 e. The van der Waals surface area contributed by atoms with E-state index in [1.54, 1.807) is 18.0 Å². The van der Waals surface area contributed by atoms with Crippen molar-refractivity contribution in [2.75, 3.05) is 13.1 Å². The Bertz CT molecular complexity index is 721. The van der Waals surface area contributed by atoms with Gasteiger partial charge in [-0.05, 0) is 19.8 Å². The second-order valence-electron chi connectivity index (χ2n) is 5.57. The molecule has 0 atom stereocenters. The van der Waals surface area contributed by atoms with Gasteiger partial charge in [0.15, 0.2) is 0 Å². The van der Waals surface area contributed by atoms with Gasteiger partial charge in [0.1, 0.15) is 5.82 Å². The number of rotatable bonds is 3. The average molecular weight is 315 g/mol. The molecule has 1 amide bonds. The Hall–Kier alpha value is -2.77. The first kappa shape index (κ1) is 15.1. The number of hydrogen-bond donors (Lipinski definition) is 2. The molecule has 8 heteroatoms. The molecule has 0 aliphatic carbocycles. The van der Waals surface area contributed by atoms with Gasteiger partial charge in [-0.3, -0.25) is 9.89 Å². The predicted molar refractivity (Wildman–Crippen MR) is 80.2 cm³/mol. The SMILES string of the molecule is Cc1ncc(C(=O)O)c(C2CCN(C(=O)c3cn[nH]c3)CC2)n1. The van der Waals surface area contributed by atoms with Crippen LogP contribution in [0.5, 0.6) is 0 Å². The summed E-state index contributed by atoms with van der Waals surface area (Å²) in [5.41, 5.74) is 1.25. The van der Waals surface area contributed by atoms with Crippen molar-refractivity contribution >= 4 is 11.9 Å². The molecule has 2 aromatic rings. The van der Waals surface area contributed by atoms with Crippen LogP contribution in [0.25, 0.3) is 0 Å². The van der Waals surface area contributed by atoms with Crippen LogP contribution in [0.2, 0.25) is 0 Å². The number of piperidine rings is 1. The van der Waals surface area contributed by atoms with Crippen LogP contribution >= 0.6 is 0 Å². The highest BCUT2D eigenvalue weighted by Crippen LogP contribution is 2.29. The maximum Gasteiger partial charge on any atom is 0.339 e. The molecule has 1 aliphatic heterocycles. The Balaban J connectivity index is 1.73. The highest BCUT2D eigenvalue weighted by atomic mass is 16.4. The molecule has 120 valence electrons. The molecule has 0 aromatic carbocycles. The van der Waals surface area contributed by atoms with Crippen LogP contribution in [-0.4, -0.2) is 55.1 Å². The number of carbonyl (C=O) groups is 2. The molecule has 2 aromatic heterocycles. The van der Waals surface area contributed by atoms with Crippen LogP contribution in [0.3, 0.4) is 0 Å². The Morgan fingerprint density at radius 2 is 2.04 bits per heavy atom. The van der Waals surface area contributed by atoms with Crippen molar-refractivity contribution in [3.05, 3.63) is 41.2 Å². The summed E-state index contributed by atoms with van der Waals surface area (Å²) >= 11 is 0. The minimum absolute atomic E-state index is 0.0243. The molecule has 3 rings (SSSR count). The maximum atomic E-state index is 12.3. The molecule has 2 N–H and O–H groups in total. The first-order chi connectivity index (χ1) is 11.1. The Morgan fingerprint density at radius 3 is 2.65 bits per heavy atom. The van der Waals surface area contributed by atoms with E-state index in [1.165, 1.54) is 12.4 Å². The number of amides is 1. The van der Waals surface area contributed by atoms with Gasteiger partial charge in [-0.1, -0.05) is 0 Å². The number of hydrogen-bond acceptors (Lipinski definition) is 5. The molecule has 0 radical (unpaired) electrons. The summed E-state index contributed by atoms with van der Waals surface area (Å²) in [5.74, 6) is -0.496. The summed E-state index contributed by atoms with van der Waals surface area (Å²) in [6, 6.07) is 0. The topological polar surface area (TPSA) is 112 Å². The summed E-state index contributed by atoms with van der Waals surface area (Å²) in [6.45, 7) is 2.88. The summed E-state index contributed by atoms with van der Waals surface area (Å²) in [5, 5.41) is 15.7. The third-order valence-corrected chi connectivity index (χ3v) is 4.08. The van der Waals surface area contributed by atoms with Gasteiger partial charge >= 0.3 is 5.97 Å². The van der Waals surface area contributed by atoms with E-state index in [-0.39, 0.29) is 17.4 Å². The van der Waals surface area contributed by atoms with Gasteiger partial charge in [-0.2, -0.15) is 5.10 Å². The Morgan fingerprint density at radius 1 is 1.30 bits per heavy atom. The fraction of sp³-hybridized carbons (Fsp3) is 0.400. The number of aromatic carboxylic acids is 1. The van der Waals surface area contributed by atoms with E-state index in [0.29, 0.717) is 43.0 Å². The van der Waals surface area contributed by atoms with Gasteiger partial charge in [0.2, 0.25) is 0 Å². The minimum atomic E-state index is -1.02. The second kappa shape index (κ2) is 6.15. The van der Waals surface area contributed by atoms with Gasteiger partial charge in [-0.15, -0.1) is 0 Å². The van der Waals surface area contributed by atoms with Crippen LogP contribution in [0, 0.1) is 6.92 Å². The van der Waals surface area contributed by atoms with Gasteiger partial charge < -0.3 is 10.0 Å². The van der Waals surface area contributed by atoms with Gasteiger partial charge in [0, 0.05) is 31.4 Å². The predicted octanol–water partition coefficient (Wildman–Crippen LogP) is 1.23. The molecule has 0 saturated carbocycles. The maximum absolute atomic E-state index is 12.3. The molecule has 8 nitrogen and oxygen atoms in total. The van der Waals surface area contributed by atoms with Crippen molar-refractivity contribution in [3.8, 4) is 0 Å². The lowest BCUT2D eigenvalue weighted by Gasteiger charge is -2.32. The Labute approximate surface area is 132 Å². The Kier molecular flexibility index (Phi) is 4.05. The number of nitrogens with zero attached hydrogens (tertiary/aromatic N) is 4. The average Bonchev–Trinajstić information content (AvgIpc) is 3.08. The summed E-state index contributed by atoms with van der Waals surface area (Å²) in [4.78, 5) is 33.7. The monoisotopic (exact) mass is 315 g/mol. The van der Waals surface area contributed by atoms with Crippen LogP contribution in [0.4, 0.5) is 0 Å². The summed E-state index contributed by atoms with van der Waals surface area (Å²) in [6.07, 6.45) is 5.80. The number of aromatic amines is 1. The smallest absolute Gasteiger partial charge is 0.339 e. The second-order valence-corrected chi connectivity index (χ2v) is 5.57. The molecule has 0 bridgehead atoms. The number of H-pyrrole nitrogens is 1. The van der Waals surface area contributed by atoms with E-state index in [1.807, 2.05) is 0 Å². The lowest BCUT2D eigenvalue weighted by atomic mass is 9.90. The van der Waals surface area contributed by atoms with Crippen LogP contribution in [-0.2, 0) is 0 Å². The molecule has 1 saturated heterocycles. The highest BCUT2D eigenvalue weighted by molar-refractivity contribution is 5.93. The third-order valence-electron chi connectivity index (χ3n) is 4.08. The molecule has 0 spiro atoms. The number of likely N-dealkylation sites (tertiary alicyclic amines) is 1. The van der Waals surface area contributed by atoms with Gasteiger partial charge in [-0.25, -0.2) is 14.8 Å². The standard InChI is InChI=1S/C15H17N5O3/c1-9-16-8-12(15(22)23)13(19-9)10-2-4-20(5-3-10)14(21)11-6-17-18-7-11/h6-8,10H,2-5H2,1H3,(H,17,18)(H,22,23). The lowest BCUT2D eigenvalue weighted by molar-refractivity contribution is 0.0678. The largest absolute Gasteiger partial charge is 0.478 e. The molecular weight excluding hydrogens is 298 g/mol. The molecule has 1 fully saturated rings. The zero-order valence-electron chi connectivity index (χ0n) is 12.7. The first-order valence-electron chi connectivity index (χ1n) is 7.41. The van der Waals surface area contributed by atoms with Crippen molar-refractivity contribution < 1.29 is 14.7 Å². The third kappa shape index (κ3) is 3.05. The van der Waals surface area contributed by atoms with E-state index in [9.17, 15) is 14.7 Å². The fourth-order valence-electron chi connectivity index (χ4n) is 2.87. The van der Waals surface area contributed by atoms with Gasteiger partial charge in [0.05, 0.1) is 23.0 Å². The van der Waals surface area contributed by atoms with Crippen molar-refractivity contribution in [1.82, 2.24) is 25.1 Å². The van der Waals surface area contributed by atoms with Crippen molar-refractivity contribution in [2.45, 2.75) is 25.7 Å². The van der Waals surface area contributed by atoms with E-state index < -0.39 is 5.97 Å². The van der Waals surface area contributed by atoms with Gasteiger partial charge in [0.25, 0.3) is 5.91 Å².